The van der Waals surface area contributed by atoms with Crippen molar-refractivity contribution in [2.45, 2.75) is 33.1 Å². The SMILES string of the molecule is C=C/C(=C\C=C(/C)COC(=O)N(C)CCN(CCC(=O)N=C)C(=O)Oc1ccccc(C)cc2c(c1)N(C(=O)c1cn3cc(NC(=O)c4cc5ccccc5o4)ccc3n1)C[C@H]2CCl)NC(C)=O. The van der Waals surface area contributed by atoms with Crippen LogP contribution in [-0.4, -0.2) is 107 Å². The van der Waals surface area contributed by atoms with Crippen LogP contribution in [0.2, 0.25) is 0 Å². The fourth-order valence-corrected chi connectivity index (χ4v) is 7.28. The van der Waals surface area contributed by atoms with Crippen LogP contribution in [0, 0.1) is 6.92 Å². The summed E-state index contributed by atoms with van der Waals surface area (Å²) >= 11 is 6.54. The van der Waals surface area contributed by atoms with E-state index in [0.717, 1.165) is 16.5 Å². The fraction of sp³-hybridized carbons (Fsp3) is 0.240. The molecule has 0 saturated carbocycles. The van der Waals surface area contributed by atoms with E-state index < -0.39 is 29.9 Å². The summed E-state index contributed by atoms with van der Waals surface area (Å²) in [6, 6.07) is 22.7. The van der Waals surface area contributed by atoms with Gasteiger partial charge in [-0.25, -0.2) is 19.6 Å². The van der Waals surface area contributed by atoms with Crippen LogP contribution in [0.15, 0.2) is 137 Å². The second-order valence-electron chi connectivity index (χ2n) is 15.8. The lowest BCUT2D eigenvalue weighted by Crippen LogP contribution is -2.41. The quantitative estimate of drug-likeness (QED) is 0.0551. The molecule has 6 amide bonds. The predicted molar refractivity (Wildman–Crippen MR) is 260 cm³/mol. The first kappa shape index (κ1) is 49.4. The first-order valence-electron chi connectivity index (χ1n) is 21.4. The van der Waals surface area contributed by atoms with E-state index in [1.807, 2.05) is 37.3 Å². The molecule has 6 rings (SSSR count). The largest absolute Gasteiger partial charge is 0.451 e. The number of carbonyl (C=O) groups excluding carboxylic acids is 6. The van der Waals surface area contributed by atoms with Crippen LogP contribution in [0.1, 0.15) is 58.4 Å². The third-order valence-electron chi connectivity index (χ3n) is 10.6. The summed E-state index contributed by atoms with van der Waals surface area (Å²) in [6.45, 7) is 12.0. The number of amides is 6. The lowest BCUT2D eigenvalue weighted by Gasteiger charge is -2.25. The summed E-state index contributed by atoms with van der Waals surface area (Å²) in [5, 5.41) is 6.26. The topological polar surface area (TPSA) is 197 Å². The van der Waals surface area contributed by atoms with Crippen LogP contribution < -0.4 is 20.3 Å². The molecule has 5 aromatic rings. The minimum Gasteiger partial charge on any atom is -0.451 e. The van der Waals surface area contributed by atoms with Gasteiger partial charge in [0, 0.05) is 87.9 Å². The summed E-state index contributed by atoms with van der Waals surface area (Å²) < 4.78 is 18.8. The second-order valence-corrected chi connectivity index (χ2v) is 16.1. The first-order chi connectivity index (χ1) is 32.6. The van der Waals surface area contributed by atoms with E-state index >= 15 is 0 Å². The number of pyridine rings is 1. The molecule has 0 fully saturated rings. The van der Waals surface area contributed by atoms with Crippen molar-refractivity contribution in [2.24, 2.45) is 4.99 Å². The van der Waals surface area contributed by atoms with E-state index in [4.69, 9.17) is 25.5 Å². The molecule has 1 aliphatic heterocycles. The molecule has 17 nitrogen and oxygen atoms in total. The number of nitrogens with one attached hydrogen (secondary N) is 2. The summed E-state index contributed by atoms with van der Waals surface area (Å²) in [4.78, 5) is 90.3. The minimum atomic E-state index is -0.842. The number of imidazole rings is 1. The van der Waals surface area contributed by atoms with Crippen LogP contribution in [0.25, 0.3) is 16.6 Å². The Morgan fingerprint density at radius 3 is 2.46 bits per heavy atom. The third-order valence-corrected chi connectivity index (χ3v) is 11.0. The fourth-order valence-electron chi connectivity index (χ4n) is 7.01. The molecule has 2 aromatic carbocycles. The van der Waals surface area contributed by atoms with Gasteiger partial charge >= 0.3 is 12.2 Å². The number of halogens is 1. The molecule has 2 N–H and O–H groups in total. The first-order valence-corrected chi connectivity index (χ1v) is 22.0. The summed E-state index contributed by atoms with van der Waals surface area (Å²) in [5.74, 6) is -1.63. The standard InChI is InChI=1S/C50H51ClN8O9/c1-7-37(53-34(4)60)17-16-33(3)31-66-49(64)56(6)22-23-57(21-20-46(61)52-5)50(65)67-39-14-10-8-12-32(2)24-40-36(27-51)28-59(42(40)26-39)48(63)41-30-58-29-38(18-19-45(58)55-41)54-47(62)44-25-35-13-9-11-15-43(35)68-44/h7-19,24-26,29-30,36H,1,5,20-23,27-28,31H2,2-4,6H3,(H,53,60)(H,54,62)/b10-8?,12-8?,14-10?,32-12?,32-24?,33-16+,37-17+,39-14?,39-26?,40-24?,42-26?/t36-/m1/s1. The molecule has 4 heterocycles. The number of likely N-dealkylation sites (N-methyl/N-ethyl adjacent to an activating group) is 1. The zero-order valence-electron chi connectivity index (χ0n) is 38.1. The highest BCUT2D eigenvalue weighted by Gasteiger charge is 2.34. The van der Waals surface area contributed by atoms with Crippen LogP contribution in [-0.2, 0) is 14.3 Å². The van der Waals surface area contributed by atoms with Gasteiger partial charge in [0.15, 0.2) is 5.76 Å². The number of anilines is 2. The van der Waals surface area contributed by atoms with E-state index in [2.05, 4.69) is 33.9 Å². The molecule has 0 radical (unpaired) electrons. The number of nitrogens with zero attached hydrogens (tertiary/aromatic N) is 6. The van der Waals surface area contributed by atoms with E-state index in [9.17, 15) is 28.8 Å². The van der Waals surface area contributed by atoms with Crippen molar-refractivity contribution in [3.05, 3.63) is 150 Å². The van der Waals surface area contributed by atoms with E-state index in [-0.39, 0.29) is 74.1 Å². The maximum Gasteiger partial charge on any atom is 0.415 e. The number of ether oxygens (including phenoxy) is 2. The number of aliphatic imine (C=N–C) groups is 1. The van der Waals surface area contributed by atoms with E-state index in [0.29, 0.717) is 33.9 Å². The van der Waals surface area contributed by atoms with Gasteiger partial charge in [-0.3, -0.25) is 19.2 Å². The molecule has 68 heavy (non-hydrogen) atoms. The Morgan fingerprint density at radius 2 is 1.72 bits per heavy atom. The Balaban J connectivity index is 1.21. The second kappa shape index (κ2) is 22.9. The van der Waals surface area contributed by atoms with Crippen LogP contribution in [0.3, 0.4) is 0 Å². The lowest BCUT2D eigenvalue weighted by molar-refractivity contribution is -0.118. The van der Waals surface area contributed by atoms with Gasteiger partial charge in [-0.15, -0.1) is 11.6 Å². The molecule has 1 atom stereocenters. The third kappa shape index (κ3) is 12.8. The van der Waals surface area contributed by atoms with Crippen molar-refractivity contribution in [3.63, 3.8) is 0 Å². The van der Waals surface area contributed by atoms with Gasteiger partial charge < -0.3 is 43.6 Å². The molecule has 0 bridgehead atoms. The number of alkyl halides is 1. The predicted octanol–water partition coefficient (Wildman–Crippen LogP) is 8.39. The van der Waals surface area contributed by atoms with Crippen molar-refractivity contribution < 1.29 is 42.7 Å². The Hall–Kier alpha value is -8.05. The molecule has 352 valence electrons. The highest BCUT2D eigenvalue weighted by atomic mass is 35.5. The number of fused-ring (bicyclic) bond motifs is 3. The van der Waals surface area contributed by atoms with Gasteiger partial charge in [-0.05, 0) is 74.2 Å². The number of benzene rings is 1. The van der Waals surface area contributed by atoms with Crippen molar-refractivity contribution in [1.82, 2.24) is 24.5 Å². The Kier molecular flexibility index (Phi) is 16.6. The minimum absolute atomic E-state index is 0.000295. The van der Waals surface area contributed by atoms with Crippen molar-refractivity contribution in [3.8, 4) is 5.75 Å². The Morgan fingerprint density at radius 1 is 0.956 bits per heavy atom. The smallest absolute Gasteiger partial charge is 0.415 e. The van der Waals surface area contributed by atoms with Gasteiger partial charge in [0.1, 0.15) is 29.3 Å². The van der Waals surface area contributed by atoms with Crippen LogP contribution >= 0.6 is 11.6 Å². The number of para-hydroxylation sites is 1. The van der Waals surface area contributed by atoms with Gasteiger partial charge in [0.25, 0.3) is 11.8 Å². The molecular formula is C50H51ClN8O9. The summed E-state index contributed by atoms with van der Waals surface area (Å²) in [7, 11) is 1.50. The number of hydrogen-bond acceptors (Lipinski definition) is 10. The van der Waals surface area contributed by atoms with Crippen molar-refractivity contribution in [1.29, 1.82) is 0 Å². The lowest BCUT2D eigenvalue weighted by atomic mass is 10.0. The van der Waals surface area contributed by atoms with Gasteiger partial charge in [-0.1, -0.05) is 60.7 Å². The van der Waals surface area contributed by atoms with Gasteiger partial charge in [-0.2, -0.15) is 0 Å². The summed E-state index contributed by atoms with van der Waals surface area (Å²) in [5.41, 5.74) is 4.77. The van der Waals surface area contributed by atoms with Crippen molar-refractivity contribution in [2.75, 3.05) is 55.9 Å². The van der Waals surface area contributed by atoms with Crippen LogP contribution in [0.4, 0.5) is 21.0 Å². The normalized spacial score (nSPS) is 13.2. The number of furan rings is 1. The zero-order chi connectivity index (χ0) is 48.9. The zero-order valence-corrected chi connectivity index (χ0v) is 38.8. The molecule has 0 unspecified atom stereocenters. The number of carbonyl (C=O) groups is 6. The summed E-state index contributed by atoms with van der Waals surface area (Å²) in [6.07, 6.45) is 6.31. The van der Waals surface area contributed by atoms with E-state index in [1.54, 1.807) is 84.4 Å². The highest BCUT2D eigenvalue weighted by Crippen LogP contribution is 2.39. The molecule has 3 aromatic heterocycles. The van der Waals surface area contributed by atoms with Gasteiger partial charge in [0.2, 0.25) is 11.8 Å². The molecule has 0 saturated heterocycles. The Bertz CT molecular complexity index is 2870. The molecule has 0 aliphatic carbocycles. The molecular weight excluding hydrogens is 892 g/mol. The number of aryl methyl sites for hydroxylation is 1. The number of allylic oxidation sites excluding steroid dienone is 3. The average Bonchev–Trinajstić information content (AvgIpc) is 4.05. The maximum atomic E-state index is 14.5. The monoisotopic (exact) mass is 942 g/mol. The maximum absolute atomic E-state index is 14.5. The number of rotatable bonds is 16. The highest BCUT2D eigenvalue weighted by molar-refractivity contribution is 6.19. The van der Waals surface area contributed by atoms with Crippen LogP contribution in [0.5, 0.6) is 5.75 Å². The molecule has 0 spiro atoms. The molecule has 18 heteroatoms. The molecule has 1 aliphatic rings. The number of hydrogen-bond donors (Lipinski definition) is 2. The average molecular weight is 943 g/mol. The van der Waals surface area contributed by atoms with Gasteiger partial charge in [0.05, 0.1) is 11.4 Å². The van der Waals surface area contributed by atoms with Crippen molar-refractivity contribution >= 4 is 82.1 Å². The van der Waals surface area contributed by atoms with E-state index in [1.165, 1.54) is 34.7 Å². The Labute approximate surface area is 397 Å². The number of aromatic nitrogens is 2.